The van der Waals surface area contributed by atoms with Gasteiger partial charge < -0.3 is 0 Å². The second-order valence-corrected chi connectivity index (χ2v) is 6.23. The minimum atomic E-state index is -7.68. The summed E-state index contributed by atoms with van der Waals surface area (Å²) in [6.45, 7) is -2.13. The van der Waals surface area contributed by atoms with Crippen LogP contribution in [0.3, 0.4) is 0 Å². The van der Waals surface area contributed by atoms with Gasteiger partial charge in [-0.15, -0.1) is 0 Å². The normalized spacial score (nSPS) is 48.0. The van der Waals surface area contributed by atoms with Crippen LogP contribution in [0.25, 0.3) is 0 Å². The van der Waals surface area contributed by atoms with E-state index in [2.05, 4.69) is 0 Å². The van der Waals surface area contributed by atoms with Gasteiger partial charge >= 0.3 is 41.2 Å². The van der Waals surface area contributed by atoms with Crippen molar-refractivity contribution in [2.24, 2.45) is 5.41 Å². The van der Waals surface area contributed by atoms with Crippen molar-refractivity contribution in [2.45, 2.75) is 60.7 Å². The minimum absolute atomic E-state index is 1.03. The third-order valence-corrected chi connectivity index (χ3v) is 5.27. The van der Waals surface area contributed by atoms with Gasteiger partial charge in [0.1, 0.15) is 5.41 Å². The molecule has 0 heterocycles. The summed E-state index contributed by atoms with van der Waals surface area (Å²) in [4.78, 5) is 0. The molecule has 2 bridgehead atoms. The van der Waals surface area contributed by atoms with Crippen LogP contribution in [0.2, 0.25) is 0 Å². The number of halogens is 14. The molecule has 2 saturated carbocycles. The summed E-state index contributed by atoms with van der Waals surface area (Å²) in [6.07, 6.45) is 0. The first kappa shape index (κ1) is 20.3. The average molecular weight is 404 g/mol. The maximum Gasteiger partial charge on any atom is 0.376 e. The Bertz CT molecular complexity index is 526. The Morgan fingerprint density at radius 3 is 1.04 bits per heavy atom. The van der Waals surface area contributed by atoms with E-state index in [0.29, 0.717) is 0 Å². The van der Waals surface area contributed by atoms with Gasteiger partial charge in [-0.2, -0.15) is 43.9 Å². The van der Waals surface area contributed by atoms with Crippen molar-refractivity contribution >= 4 is 0 Å². The summed E-state index contributed by atoms with van der Waals surface area (Å²) >= 11 is 0. The molecule has 2 fully saturated rings. The van der Waals surface area contributed by atoms with Crippen molar-refractivity contribution in [3.05, 3.63) is 0 Å². The van der Waals surface area contributed by atoms with Gasteiger partial charge in [0.15, 0.2) is 5.67 Å². The summed E-state index contributed by atoms with van der Waals surface area (Å²) in [5.41, 5.74) is -19.4. The first-order chi connectivity index (χ1) is 10.5. The molecular weight excluding hydrogens is 398 g/mol. The van der Waals surface area contributed by atoms with Crippen molar-refractivity contribution in [1.82, 2.24) is 0 Å². The molecule has 3 unspecified atom stereocenters. The van der Waals surface area contributed by atoms with E-state index >= 15 is 0 Å². The quantitative estimate of drug-likeness (QED) is 0.483. The Morgan fingerprint density at radius 2 is 0.680 bits per heavy atom. The second kappa shape index (κ2) is 3.97. The van der Waals surface area contributed by atoms with E-state index in [1.165, 1.54) is 0 Å². The van der Waals surface area contributed by atoms with E-state index in [-0.39, 0.29) is 0 Å². The van der Waals surface area contributed by atoms with E-state index in [4.69, 9.17) is 0 Å². The standard InChI is InChI=1S/C11H6F14/c1-3-4(2,12)8(18,19)9(20,21)5(13,6(3,14)15)10(22,23)11(24,25)7(3,16)17/h1-2H3. The number of hydrogen-bond acceptors (Lipinski definition) is 0. The van der Waals surface area contributed by atoms with Gasteiger partial charge in [0.05, 0.1) is 0 Å². The Hall–Kier alpha value is -0.980. The van der Waals surface area contributed by atoms with Crippen molar-refractivity contribution in [3.8, 4) is 0 Å². The highest BCUT2D eigenvalue weighted by Crippen LogP contribution is 2.82. The predicted molar refractivity (Wildman–Crippen MR) is 51.1 cm³/mol. The van der Waals surface area contributed by atoms with Crippen LogP contribution in [0.5, 0.6) is 0 Å². The minimum Gasteiger partial charge on any atom is -0.236 e. The largest absolute Gasteiger partial charge is 0.376 e. The van der Waals surface area contributed by atoms with Gasteiger partial charge in [0.25, 0.3) is 0 Å². The summed E-state index contributed by atoms with van der Waals surface area (Å²) in [6, 6.07) is 0. The molecule has 2 rings (SSSR count). The van der Waals surface area contributed by atoms with Crippen LogP contribution < -0.4 is 0 Å². The van der Waals surface area contributed by atoms with Gasteiger partial charge in [0, 0.05) is 0 Å². The molecule has 0 N–H and O–H groups in total. The van der Waals surface area contributed by atoms with E-state index in [0.717, 1.165) is 0 Å². The van der Waals surface area contributed by atoms with Crippen molar-refractivity contribution in [1.29, 1.82) is 0 Å². The van der Waals surface area contributed by atoms with Gasteiger partial charge in [-0.05, 0) is 13.8 Å². The van der Waals surface area contributed by atoms with E-state index in [1.807, 2.05) is 0 Å². The third kappa shape index (κ3) is 1.28. The highest BCUT2D eigenvalue weighted by molar-refractivity contribution is 5.40. The smallest absolute Gasteiger partial charge is 0.236 e. The van der Waals surface area contributed by atoms with Crippen LogP contribution in [-0.4, -0.2) is 46.9 Å². The highest BCUT2D eigenvalue weighted by atomic mass is 19.4. The second-order valence-electron chi connectivity index (χ2n) is 6.23. The molecule has 2 aliphatic rings. The van der Waals surface area contributed by atoms with Crippen molar-refractivity contribution in [2.75, 3.05) is 0 Å². The molecule has 0 amide bonds. The number of fused-ring (bicyclic) bond motifs is 2. The Balaban J connectivity index is 3.18. The number of rotatable bonds is 0. The summed E-state index contributed by atoms with van der Waals surface area (Å²) in [7, 11) is 0. The molecule has 25 heavy (non-hydrogen) atoms. The van der Waals surface area contributed by atoms with Gasteiger partial charge in [-0.25, -0.2) is 17.6 Å². The Kier molecular flexibility index (Phi) is 3.23. The Labute approximate surface area is 129 Å². The molecule has 2 aliphatic carbocycles. The molecule has 0 aromatic heterocycles. The summed E-state index contributed by atoms with van der Waals surface area (Å²) in [5.74, 6) is -43.5. The first-order valence-corrected chi connectivity index (χ1v) is 6.15. The molecular formula is C11H6F14. The molecule has 14 heteroatoms. The molecule has 0 aromatic carbocycles. The molecule has 0 spiro atoms. The third-order valence-electron chi connectivity index (χ3n) is 5.27. The van der Waals surface area contributed by atoms with Gasteiger partial charge in [0.2, 0.25) is 0 Å². The monoisotopic (exact) mass is 404 g/mol. The van der Waals surface area contributed by atoms with Crippen LogP contribution >= 0.6 is 0 Å². The SMILES string of the molecule is CC1(F)C(F)(F)C(F)(F)C2(F)C(F)(F)C(F)(F)C(F)(F)C1(C)C2(F)F. The topological polar surface area (TPSA) is 0 Å². The fourth-order valence-electron chi connectivity index (χ4n) is 3.28. The average Bonchev–Trinajstić information content (AvgIpc) is 2.41. The van der Waals surface area contributed by atoms with E-state index in [1.54, 1.807) is 0 Å². The van der Waals surface area contributed by atoms with Crippen LogP contribution in [0.1, 0.15) is 13.8 Å². The predicted octanol–water partition coefficient (Wildman–Crippen LogP) is 5.27. The maximum absolute atomic E-state index is 14.2. The van der Waals surface area contributed by atoms with Crippen LogP contribution in [0.15, 0.2) is 0 Å². The molecule has 0 aliphatic heterocycles. The molecule has 0 aromatic rings. The molecule has 0 radical (unpaired) electrons. The van der Waals surface area contributed by atoms with Crippen molar-refractivity contribution in [3.63, 3.8) is 0 Å². The van der Waals surface area contributed by atoms with Crippen LogP contribution in [0.4, 0.5) is 61.5 Å². The lowest BCUT2D eigenvalue weighted by Crippen LogP contribution is -2.96. The number of hydrogen-bond donors (Lipinski definition) is 0. The molecule has 148 valence electrons. The summed E-state index contributed by atoms with van der Waals surface area (Å²) < 4.78 is 192. The zero-order chi connectivity index (χ0) is 20.5. The zero-order valence-corrected chi connectivity index (χ0v) is 11.8. The fraction of sp³-hybridized carbons (Fsp3) is 1.00. The van der Waals surface area contributed by atoms with Crippen LogP contribution in [0, 0.1) is 5.41 Å². The lowest BCUT2D eigenvalue weighted by molar-refractivity contribution is -0.549. The maximum atomic E-state index is 14.2. The summed E-state index contributed by atoms with van der Waals surface area (Å²) in [5, 5.41) is 0. The van der Waals surface area contributed by atoms with E-state index < -0.39 is 66.1 Å². The van der Waals surface area contributed by atoms with Crippen LogP contribution in [-0.2, 0) is 0 Å². The van der Waals surface area contributed by atoms with Gasteiger partial charge in [-0.1, -0.05) is 0 Å². The highest BCUT2D eigenvalue weighted by Gasteiger charge is 3.11. The van der Waals surface area contributed by atoms with E-state index in [9.17, 15) is 61.5 Å². The molecule has 3 atom stereocenters. The lowest BCUT2D eigenvalue weighted by Gasteiger charge is -2.67. The van der Waals surface area contributed by atoms with Crippen molar-refractivity contribution < 1.29 is 61.5 Å². The lowest BCUT2D eigenvalue weighted by atomic mass is 9.46. The fourth-order valence-corrected chi connectivity index (χ4v) is 3.28. The first-order valence-electron chi connectivity index (χ1n) is 6.15. The van der Waals surface area contributed by atoms with Gasteiger partial charge in [-0.3, -0.25) is 0 Å². The zero-order valence-electron chi connectivity index (χ0n) is 11.8. The number of alkyl halides is 14. The molecule has 0 saturated heterocycles. The Morgan fingerprint density at radius 1 is 0.360 bits per heavy atom. The molecule has 0 nitrogen and oxygen atoms in total.